The molecule has 1 fully saturated rings. The second kappa shape index (κ2) is 10.5. The molecule has 0 aromatic heterocycles. The molecule has 9 heteroatoms. The summed E-state index contributed by atoms with van der Waals surface area (Å²) >= 11 is 1.66. The number of benzene rings is 2. The van der Waals surface area contributed by atoms with Crippen LogP contribution in [0.25, 0.3) is 0 Å². The highest BCUT2D eigenvalue weighted by atomic mass is 32.2. The van der Waals surface area contributed by atoms with Gasteiger partial charge in [-0.15, -0.1) is 11.8 Å². The third-order valence-corrected chi connectivity index (χ3v) is 8.85. The van der Waals surface area contributed by atoms with Gasteiger partial charge in [-0.3, -0.25) is 9.69 Å². The number of likely N-dealkylation sites (tertiary alicyclic amines) is 1. The standard InChI is InChI=1S/C24H30FN3O3S2/c1-18(29)28-11-2-14-32-24-8-7-22(15-23(24)28)33(30,31)26-16-19-9-12-27(13-10-19)17-20-3-5-21(25)6-4-20/h3-8,15,19,26H,2,9-14,16-17H2,1H3. The maximum Gasteiger partial charge on any atom is 0.240 e. The van der Waals surface area contributed by atoms with Crippen molar-refractivity contribution in [3.8, 4) is 0 Å². The van der Waals surface area contributed by atoms with Gasteiger partial charge < -0.3 is 4.90 Å². The first-order valence-corrected chi connectivity index (χ1v) is 13.8. The molecular weight excluding hydrogens is 461 g/mol. The molecule has 178 valence electrons. The van der Waals surface area contributed by atoms with Crippen LogP contribution >= 0.6 is 11.8 Å². The number of amides is 1. The third-order valence-electron chi connectivity index (χ3n) is 6.28. The van der Waals surface area contributed by atoms with Gasteiger partial charge in [-0.25, -0.2) is 17.5 Å². The number of nitrogens with one attached hydrogen (secondary N) is 1. The van der Waals surface area contributed by atoms with Gasteiger partial charge in [0.1, 0.15) is 5.82 Å². The molecule has 6 nitrogen and oxygen atoms in total. The quantitative estimate of drug-likeness (QED) is 0.665. The molecule has 2 heterocycles. The normalized spacial score (nSPS) is 18.1. The second-order valence-electron chi connectivity index (χ2n) is 8.70. The maximum atomic E-state index is 13.1. The lowest BCUT2D eigenvalue weighted by Crippen LogP contribution is -2.38. The van der Waals surface area contributed by atoms with Crippen LogP contribution in [-0.4, -0.2) is 51.2 Å². The maximum absolute atomic E-state index is 13.1. The Kier molecular flexibility index (Phi) is 7.73. The van der Waals surface area contributed by atoms with Gasteiger partial charge in [-0.05, 0) is 79.9 Å². The van der Waals surface area contributed by atoms with E-state index in [1.165, 1.54) is 19.1 Å². The number of carbonyl (C=O) groups excluding carboxylic acids is 1. The highest BCUT2D eigenvalue weighted by Gasteiger charge is 2.25. The minimum Gasteiger partial charge on any atom is -0.311 e. The molecule has 4 rings (SSSR count). The molecule has 0 saturated carbocycles. The van der Waals surface area contributed by atoms with E-state index in [2.05, 4.69) is 9.62 Å². The molecule has 0 unspecified atom stereocenters. The van der Waals surface area contributed by atoms with E-state index in [-0.39, 0.29) is 22.5 Å². The van der Waals surface area contributed by atoms with Crippen LogP contribution in [0.2, 0.25) is 0 Å². The number of sulfonamides is 1. The van der Waals surface area contributed by atoms with E-state index in [1.54, 1.807) is 28.8 Å². The summed E-state index contributed by atoms with van der Waals surface area (Å²) < 4.78 is 41.9. The van der Waals surface area contributed by atoms with Crippen molar-refractivity contribution in [1.29, 1.82) is 0 Å². The van der Waals surface area contributed by atoms with Crippen LogP contribution in [0.4, 0.5) is 10.1 Å². The molecule has 1 saturated heterocycles. The number of nitrogens with zero attached hydrogens (tertiary/aromatic N) is 2. The van der Waals surface area contributed by atoms with Crippen molar-refractivity contribution in [2.45, 2.75) is 42.5 Å². The zero-order chi connectivity index (χ0) is 23.4. The highest BCUT2D eigenvalue weighted by Crippen LogP contribution is 2.35. The fraction of sp³-hybridized carbons (Fsp3) is 0.458. The van der Waals surface area contributed by atoms with Gasteiger partial charge in [0.15, 0.2) is 0 Å². The average molecular weight is 492 g/mol. The number of piperidine rings is 1. The number of hydrogen-bond acceptors (Lipinski definition) is 5. The van der Waals surface area contributed by atoms with Crippen molar-refractivity contribution in [1.82, 2.24) is 9.62 Å². The van der Waals surface area contributed by atoms with Crippen LogP contribution in [0, 0.1) is 11.7 Å². The van der Waals surface area contributed by atoms with E-state index in [1.807, 2.05) is 18.2 Å². The SMILES string of the molecule is CC(=O)N1CCCSc2ccc(S(=O)(=O)NCC3CCN(Cc4ccc(F)cc4)CC3)cc21. The summed E-state index contributed by atoms with van der Waals surface area (Å²) in [6.07, 6.45) is 2.68. The molecule has 0 atom stereocenters. The Morgan fingerprint density at radius 2 is 1.85 bits per heavy atom. The summed E-state index contributed by atoms with van der Waals surface area (Å²) in [5.74, 6) is 0.871. The van der Waals surface area contributed by atoms with Gasteiger partial charge in [-0.2, -0.15) is 0 Å². The predicted octanol–water partition coefficient (Wildman–Crippen LogP) is 3.86. The highest BCUT2D eigenvalue weighted by molar-refractivity contribution is 7.99. The minimum atomic E-state index is -3.67. The van der Waals surface area contributed by atoms with Crippen LogP contribution in [-0.2, 0) is 21.4 Å². The fourth-order valence-electron chi connectivity index (χ4n) is 4.36. The summed E-state index contributed by atoms with van der Waals surface area (Å²) in [6, 6.07) is 11.6. The number of halogens is 1. The Labute approximate surface area is 199 Å². The van der Waals surface area contributed by atoms with Gasteiger partial charge >= 0.3 is 0 Å². The van der Waals surface area contributed by atoms with Crippen LogP contribution in [0.5, 0.6) is 0 Å². The Hall–Kier alpha value is -1.94. The Morgan fingerprint density at radius 3 is 2.55 bits per heavy atom. The van der Waals surface area contributed by atoms with Gasteiger partial charge in [0.25, 0.3) is 0 Å². The number of fused-ring (bicyclic) bond motifs is 1. The van der Waals surface area contributed by atoms with E-state index in [0.717, 1.165) is 55.1 Å². The molecule has 2 aliphatic heterocycles. The lowest BCUT2D eigenvalue weighted by atomic mass is 9.97. The topological polar surface area (TPSA) is 69.7 Å². The molecular formula is C24H30FN3O3S2. The van der Waals surface area contributed by atoms with E-state index in [9.17, 15) is 17.6 Å². The third kappa shape index (κ3) is 6.15. The summed E-state index contributed by atoms with van der Waals surface area (Å²) in [4.78, 5) is 17.2. The molecule has 0 spiro atoms. The fourth-order valence-corrected chi connectivity index (χ4v) is 6.47. The van der Waals surface area contributed by atoms with Gasteiger partial charge in [-0.1, -0.05) is 12.1 Å². The van der Waals surface area contributed by atoms with E-state index < -0.39 is 10.0 Å². The molecule has 0 aliphatic carbocycles. The smallest absolute Gasteiger partial charge is 0.240 e. The molecule has 2 aromatic rings. The van der Waals surface area contributed by atoms with Crippen molar-refractivity contribution in [3.63, 3.8) is 0 Å². The number of carbonyl (C=O) groups is 1. The first kappa shape index (κ1) is 24.2. The molecule has 2 aromatic carbocycles. The lowest BCUT2D eigenvalue weighted by molar-refractivity contribution is -0.116. The lowest BCUT2D eigenvalue weighted by Gasteiger charge is -2.32. The van der Waals surface area contributed by atoms with E-state index in [4.69, 9.17) is 0 Å². The van der Waals surface area contributed by atoms with E-state index >= 15 is 0 Å². The summed E-state index contributed by atoms with van der Waals surface area (Å²) in [7, 11) is -3.67. The number of rotatable bonds is 6. The van der Waals surface area contributed by atoms with Crippen LogP contribution in [0.3, 0.4) is 0 Å². The summed E-state index contributed by atoms with van der Waals surface area (Å²) in [5, 5.41) is 0. The molecule has 0 bridgehead atoms. The van der Waals surface area contributed by atoms with Gasteiger partial charge in [0.05, 0.1) is 10.6 Å². The van der Waals surface area contributed by atoms with Gasteiger partial charge in [0, 0.05) is 31.5 Å². The molecule has 33 heavy (non-hydrogen) atoms. The minimum absolute atomic E-state index is 0.0753. The first-order valence-electron chi connectivity index (χ1n) is 11.3. The van der Waals surface area contributed by atoms with Crippen LogP contribution in [0.1, 0.15) is 31.7 Å². The number of anilines is 1. The summed E-state index contributed by atoms with van der Waals surface area (Å²) in [5.41, 5.74) is 1.76. The molecule has 1 amide bonds. The van der Waals surface area contributed by atoms with Crippen molar-refractivity contribution in [3.05, 3.63) is 53.8 Å². The second-order valence-corrected chi connectivity index (χ2v) is 11.6. The molecule has 1 N–H and O–H groups in total. The Balaban J connectivity index is 1.34. The number of thioether (sulfide) groups is 1. The number of hydrogen-bond donors (Lipinski definition) is 1. The van der Waals surface area contributed by atoms with Crippen molar-refractivity contribution in [2.24, 2.45) is 5.92 Å². The zero-order valence-corrected chi connectivity index (χ0v) is 20.4. The molecule has 0 radical (unpaired) electrons. The predicted molar refractivity (Wildman–Crippen MR) is 129 cm³/mol. The zero-order valence-electron chi connectivity index (χ0n) is 18.8. The Bertz CT molecular complexity index is 1080. The average Bonchev–Trinajstić information content (AvgIpc) is 3.02. The largest absolute Gasteiger partial charge is 0.311 e. The van der Waals surface area contributed by atoms with Crippen molar-refractivity contribution < 1.29 is 17.6 Å². The van der Waals surface area contributed by atoms with Crippen LogP contribution < -0.4 is 9.62 Å². The van der Waals surface area contributed by atoms with Gasteiger partial charge in [0.2, 0.25) is 15.9 Å². The first-order chi connectivity index (χ1) is 15.8. The Morgan fingerprint density at radius 1 is 1.12 bits per heavy atom. The van der Waals surface area contributed by atoms with Crippen molar-refractivity contribution >= 4 is 33.4 Å². The molecule has 2 aliphatic rings. The van der Waals surface area contributed by atoms with Crippen molar-refractivity contribution in [2.75, 3.05) is 36.8 Å². The van der Waals surface area contributed by atoms with Crippen LogP contribution in [0.15, 0.2) is 52.3 Å². The monoisotopic (exact) mass is 491 g/mol. The summed E-state index contributed by atoms with van der Waals surface area (Å²) in [6.45, 7) is 5.05. The van der Waals surface area contributed by atoms with E-state index in [0.29, 0.717) is 18.8 Å².